The van der Waals surface area contributed by atoms with Crippen LogP contribution in [0.3, 0.4) is 0 Å². The number of hydrogen-bond acceptors (Lipinski definition) is 1. The summed E-state index contributed by atoms with van der Waals surface area (Å²) >= 11 is 0. The molecule has 0 bridgehead atoms. The maximum Gasteiger partial charge on any atom is 0.0550 e. The first-order chi connectivity index (χ1) is 7.86. The second kappa shape index (κ2) is 4.93. The molecule has 0 spiro atoms. The fourth-order valence-corrected chi connectivity index (χ4v) is 2.12. The van der Waals surface area contributed by atoms with Gasteiger partial charge in [0.2, 0.25) is 0 Å². The Balaban J connectivity index is 2.54. The zero-order chi connectivity index (χ0) is 11.4. The fraction of sp³-hybridized carbons (Fsp3) is 0.267. The molecule has 0 aliphatic rings. The Bertz CT molecular complexity index is 482. The van der Waals surface area contributed by atoms with E-state index < -0.39 is 0 Å². The smallest absolute Gasteiger partial charge is 0.0550 e. The Labute approximate surface area is 96.8 Å². The molecule has 1 atom stereocenters. The molecule has 2 aromatic rings. The molecule has 16 heavy (non-hydrogen) atoms. The first-order valence-corrected chi connectivity index (χ1v) is 5.83. The third-order valence-electron chi connectivity index (χ3n) is 2.94. The second-order valence-electron chi connectivity index (χ2n) is 4.05. The van der Waals surface area contributed by atoms with Crippen molar-refractivity contribution in [2.24, 2.45) is 0 Å². The van der Waals surface area contributed by atoms with E-state index in [2.05, 4.69) is 48.8 Å². The molecular formula is C15H17N. The molecule has 0 unspecified atom stereocenters. The predicted octanol–water partition coefficient (Wildman–Crippen LogP) is 4.30. The monoisotopic (exact) mass is 211 g/mol. The number of nitrogens with zero attached hydrogens (tertiary/aromatic N) is 1. The summed E-state index contributed by atoms with van der Waals surface area (Å²) in [5.74, 6) is 0.371. The van der Waals surface area contributed by atoms with E-state index in [1.54, 1.807) is 0 Å². The fourth-order valence-electron chi connectivity index (χ4n) is 2.12. The summed E-state index contributed by atoms with van der Waals surface area (Å²) in [6, 6.07) is 10.5. The lowest BCUT2D eigenvalue weighted by Gasteiger charge is -2.13. The molecule has 0 saturated carbocycles. The van der Waals surface area contributed by atoms with Crippen LogP contribution in [0.25, 0.3) is 10.8 Å². The van der Waals surface area contributed by atoms with Gasteiger partial charge in [-0.3, -0.25) is 4.98 Å². The molecule has 82 valence electrons. The maximum absolute atomic E-state index is 4.53. The van der Waals surface area contributed by atoms with Gasteiger partial charge in [-0.2, -0.15) is 0 Å². The molecule has 1 aromatic carbocycles. The summed E-state index contributed by atoms with van der Waals surface area (Å²) in [5.41, 5.74) is 1.16. The molecule has 1 nitrogen and oxygen atoms in total. The molecule has 2 rings (SSSR count). The summed E-state index contributed by atoms with van der Waals surface area (Å²) in [6.45, 7) is 6.12. The molecular weight excluding hydrogens is 194 g/mol. The first-order valence-electron chi connectivity index (χ1n) is 5.83. The van der Waals surface area contributed by atoms with Crippen LogP contribution in [0.2, 0.25) is 0 Å². The Kier molecular flexibility index (Phi) is 3.35. The van der Waals surface area contributed by atoms with Gasteiger partial charge >= 0.3 is 0 Å². The van der Waals surface area contributed by atoms with Crippen LogP contribution in [0, 0.1) is 0 Å². The highest BCUT2D eigenvalue weighted by atomic mass is 14.7. The highest BCUT2D eigenvalue weighted by Gasteiger charge is 2.10. The van der Waals surface area contributed by atoms with Crippen molar-refractivity contribution in [1.82, 2.24) is 4.98 Å². The van der Waals surface area contributed by atoms with Gasteiger partial charge < -0.3 is 0 Å². The van der Waals surface area contributed by atoms with E-state index in [9.17, 15) is 0 Å². The topological polar surface area (TPSA) is 12.9 Å². The molecule has 0 amide bonds. The first kappa shape index (κ1) is 10.9. The number of benzene rings is 1. The van der Waals surface area contributed by atoms with E-state index in [0.717, 1.165) is 18.5 Å². The molecule has 1 heterocycles. The minimum Gasteiger partial charge on any atom is -0.260 e. The minimum atomic E-state index is 0.371. The number of rotatable bonds is 4. The van der Waals surface area contributed by atoms with Crippen molar-refractivity contribution in [1.29, 1.82) is 0 Å². The average molecular weight is 211 g/mol. The summed E-state index contributed by atoms with van der Waals surface area (Å²) in [4.78, 5) is 4.53. The van der Waals surface area contributed by atoms with Crippen LogP contribution < -0.4 is 0 Å². The Morgan fingerprint density at radius 2 is 2.12 bits per heavy atom. The zero-order valence-corrected chi connectivity index (χ0v) is 9.69. The number of allylic oxidation sites excluding steroid dienone is 1. The third-order valence-corrected chi connectivity index (χ3v) is 2.94. The quantitative estimate of drug-likeness (QED) is 0.687. The SMILES string of the molecule is C=C[C@H](CCC)c1nccc2ccccc12. The third kappa shape index (κ3) is 1.99. The Morgan fingerprint density at radius 1 is 1.31 bits per heavy atom. The van der Waals surface area contributed by atoms with Gasteiger partial charge in [0.05, 0.1) is 5.69 Å². The van der Waals surface area contributed by atoms with E-state index in [0.29, 0.717) is 5.92 Å². The van der Waals surface area contributed by atoms with Crippen LogP contribution in [0.1, 0.15) is 31.4 Å². The van der Waals surface area contributed by atoms with Gasteiger partial charge in [0, 0.05) is 17.5 Å². The number of hydrogen-bond donors (Lipinski definition) is 0. The predicted molar refractivity (Wildman–Crippen MR) is 69.6 cm³/mol. The minimum absolute atomic E-state index is 0.371. The van der Waals surface area contributed by atoms with Crippen LogP contribution in [0.4, 0.5) is 0 Å². The van der Waals surface area contributed by atoms with Gasteiger partial charge in [-0.05, 0) is 17.9 Å². The van der Waals surface area contributed by atoms with E-state index in [4.69, 9.17) is 0 Å². The van der Waals surface area contributed by atoms with Crippen molar-refractivity contribution in [2.75, 3.05) is 0 Å². The van der Waals surface area contributed by atoms with Crippen molar-refractivity contribution < 1.29 is 0 Å². The highest BCUT2D eigenvalue weighted by molar-refractivity contribution is 5.84. The largest absolute Gasteiger partial charge is 0.260 e. The van der Waals surface area contributed by atoms with Crippen LogP contribution in [0.5, 0.6) is 0 Å². The average Bonchev–Trinajstić information content (AvgIpc) is 2.35. The molecule has 1 heteroatoms. The van der Waals surface area contributed by atoms with Gasteiger partial charge in [0.1, 0.15) is 0 Å². The van der Waals surface area contributed by atoms with Crippen molar-refractivity contribution >= 4 is 10.8 Å². The van der Waals surface area contributed by atoms with Crippen LogP contribution in [-0.2, 0) is 0 Å². The molecule has 0 saturated heterocycles. The lowest BCUT2D eigenvalue weighted by Crippen LogP contribution is -1.98. The normalized spacial score (nSPS) is 12.6. The standard InChI is InChI=1S/C15H17N/c1-3-7-12(4-2)15-14-9-6-5-8-13(14)10-11-16-15/h4-6,8-12H,2-3,7H2,1H3/t12-/m1/s1. The van der Waals surface area contributed by atoms with E-state index in [-0.39, 0.29) is 0 Å². The van der Waals surface area contributed by atoms with Crippen LogP contribution in [0.15, 0.2) is 49.2 Å². The summed E-state index contributed by atoms with van der Waals surface area (Å²) < 4.78 is 0. The lowest BCUT2D eigenvalue weighted by molar-refractivity contribution is 0.705. The summed E-state index contributed by atoms with van der Waals surface area (Å²) in [7, 11) is 0. The lowest BCUT2D eigenvalue weighted by atomic mass is 9.95. The molecule has 0 N–H and O–H groups in total. The van der Waals surface area contributed by atoms with E-state index in [1.807, 2.05) is 12.3 Å². The second-order valence-corrected chi connectivity index (χ2v) is 4.05. The number of fused-ring (bicyclic) bond motifs is 1. The van der Waals surface area contributed by atoms with Crippen molar-refractivity contribution in [3.05, 3.63) is 54.9 Å². The summed E-state index contributed by atoms with van der Waals surface area (Å²) in [5, 5.41) is 2.51. The summed E-state index contributed by atoms with van der Waals surface area (Å²) in [6.07, 6.45) is 6.17. The maximum atomic E-state index is 4.53. The Hall–Kier alpha value is -1.63. The molecule has 1 aromatic heterocycles. The van der Waals surface area contributed by atoms with Crippen LogP contribution >= 0.6 is 0 Å². The molecule has 0 aliphatic carbocycles. The zero-order valence-electron chi connectivity index (χ0n) is 9.69. The molecule has 0 fully saturated rings. The Morgan fingerprint density at radius 3 is 2.88 bits per heavy atom. The van der Waals surface area contributed by atoms with E-state index in [1.165, 1.54) is 10.8 Å². The van der Waals surface area contributed by atoms with Gasteiger partial charge in [-0.15, -0.1) is 6.58 Å². The number of pyridine rings is 1. The molecule has 0 radical (unpaired) electrons. The molecule has 0 aliphatic heterocycles. The van der Waals surface area contributed by atoms with Gasteiger partial charge in [-0.1, -0.05) is 43.7 Å². The van der Waals surface area contributed by atoms with Crippen LogP contribution in [-0.4, -0.2) is 4.98 Å². The number of aromatic nitrogens is 1. The van der Waals surface area contributed by atoms with Crippen molar-refractivity contribution in [3.8, 4) is 0 Å². The van der Waals surface area contributed by atoms with Gasteiger partial charge in [-0.25, -0.2) is 0 Å². The van der Waals surface area contributed by atoms with E-state index >= 15 is 0 Å². The highest BCUT2D eigenvalue weighted by Crippen LogP contribution is 2.27. The van der Waals surface area contributed by atoms with Gasteiger partial charge in [0.15, 0.2) is 0 Å². The van der Waals surface area contributed by atoms with Gasteiger partial charge in [0.25, 0.3) is 0 Å². The van der Waals surface area contributed by atoms with Crippen molar-refractivity contribution in [3.63, 3.8) is 0 Å². The van der Waals surface area contributed by atoms with Crippen molar-refractivity contribution in [2.45, 2.75) is 25.7 Å².